The smallest absolute Gasteiger partial charge is 0.343 e. The predicted octanol–water partition coefficient (Wildman–Crippen LogP) is 3.14. The molecule has 0 unspecified atom stereocenters. The second-order valence-corrected chi connectivity index (χ2v) is 7.14. The minimum absolute atomic E-state index is 0.113. The van der Waals surface area contributed by atoms with Crippen LogP contribution in [-0.4, -0.2) is 38.8 Å². The van der Waals surface area contributed by atoms with E-state index in [-0.39, 0.29) is 19.3 Å². The summed E-state index contributed by atoms with van der Waals surface area (Å²) in [5.74, 6) is 1.72. The van der Waals surface area contributed by atoms with Crippen LogP contribution >= 0.6 is 0 Å². The van der Waals surface area contributed by atoms with Gasteiger partial charge in [0, 0.05) is 5.56 Å². The van der Waals surface area contributed by atoms with E-state index in [9.17, 15) is 9.59 Å². The van der Waals surface area contributed by atoms with Crippen LogP contribution < -0.4 is 33.8 Å². The summed E-state index contributed by atoms with van der Waals surface area (Å²) in [5, 5.41) is 3.97. The van der Waals surface area contributed by atoms with E-state index in [1.165, 1.54) is 13.3 Å². The van der Waals surface area contributed by atoms with Gasteiger partial charge in [-0.15, -0.1) is 0 Å². The number of hydrogen-bond donors (Lipinski definition) is 1. The van der Waals surface area contributed by atoms with Gasteiger partial charge < -0.3 is 28.4 Å². The fourth-order valence-electron chi connectivity index (χ4n) is 3.30. The molecular weight excluding hydrogens is 444 g/mol. The maximum absolute atomic E-state index is 12.6. The summed E-state index contributed by atoms with van der Waals surface area (Å²) < 4.78 is 31.9. The van der Waals surface area contributed by atoms with Gasteiger partial charge in [-0.05, 0) is 60.2 Å². The highest BCUT2D eigenvalue weighted by Crippen LogP contribution is 2.34. The Hall–Kier alpha value is -4.73. The lowest BCUT2D eigenvalue weighted by Crippen LogP contribution is -2.17. The molecular formula is C24H18N2O8. The first kappa shape index (κ1) is 21.1. The van der Waals surface area contributed by atoms with Crippen molar-refractivity contribution < 1.29 is 38.0 Å². The molecule has 2 aliphatic heterocycles. The third kappa shape index (κ3) is 4.29. The number of nitrogens with one attached hydrogen (secondary N) is 1. The number of rotatable bonds is 6. The molecule has 0 atom stereocenters. The van der Waals surface area contributed by atoms with E-state index >= 15 is 0 Å². The standard InChI is InChI=1S/C24H18N2O8/c1-29-20-8-14(11-25-26-23(27)15-3-6-17-21(9-15)32-12-30-17)2-5-19(20)34-24(28)16-4-7-18-22(10-16)33-13-31-18/h2-11H,12-13H2,1H3,(H,26,27)/b25-11-. The molecule has 0 aliphatic carbocycles. The van der Waals surface area contributed by atoms with Crippen molar-refractivity contribution in [3.63, 3.8) is 0 Å². The minimum atomic E-state index is -0.575. The van der Waals surface area contributed by atoms with Crippen molar-refractivity contribution in [1.82, 2.24) is 5.43 Å². The highest BCUT2D eigenvalue weighted by Gasteiger charge is 2.19. The quantitative estimate of drug-likeness (QED) is 0.257. The zero-order valence-corrected chi connectivity index (χ0v) is 17.9. The molecule has 0 fully saturated rings. The van der Waals surface area contributed by atoms with E-state index in [0.717, 1.165) is 0 Å². The SMILES string of the molecule is COc1cc(/C=N\NC(=O)c2ccc3c(c2)OCO3)ccc1OC(=O)c1ccc2c(c1)OCO2. The molecule has 0 radical (unpaired) electrons. The zero-order chi connectivity index (χ0) is 23.5. The fourth-order valence-corrected chi connectivity index (χ4v) is 3.30. The molecule has 1 N–H and O–H groups in total. The molecule has 172 valence electrons. The van der Waals surface area contributed by atoms with Crippen LogP contribution in [0.2, 0.25) is 0 Å². The Bertz CT molecular complexity index is 1300. The highest BCUT2D eigenvalue weighted by molar-refractivity contribution is 5.96. The second-order valence-electron chi connectivity index (χ2n) is 7.14. The zero-order valence-electron chi connectivity index (χ0n) is 17.9. The lowest BCUT2D eigenvalue weighted by atomic mass is 10.2. The van der Waals surface area contributed by atoms with Gasteiger partial charge in [-0.25, -0.2) is 10.2 Å². The van der Waals surface area contributed by atoms with Gasteiger partial charge in [0.25, 0.3) is 5.91 Å². The van der Waals surface area contributed by atoms with Crippen molar-refractivity contribution in [1.29, 1.82) is 0 Å². The van der Waals surface area contributed by atoms with Gasteiger partial charge in [0.1, 0.15) is 0 Å². The molecule has 10 heteroatoms. The number of methoxy groups -OCH3 is 1. The summed E-state index contributed by atoms with van der Waals surface area (Å²) in [5.41, 5.74) is 3.76. The van der Waals surface area contributed by atoms with Crippen molar-refractivity contribution in [2.75, 3.05) is 20.7 Å². The Morgan fingerprint density at radius 2 is 1.47 bits per heavy atom. The molecule has 3 aromatic rings. The van der Waals surface area contributed by atoms with E-state index < -0.39 is 11.9 Å². The number of esters is 1. The van der Waals surface area contributed by atoms with Crippen molar-refractivity contribution in [2.45, 2.75) is 0 Å². The molecule has 0 spiro atoms. The number of nitrogens with zero attached hydrogens (tertiary/aromatic N) is 1. The Morgan fingerprint density at radius 3 is 2.18 bits per heavy atom. The number of hydrazone groups is 1. The van der Waals surface area contributed by atoms with Crippen molar-refractivity contribution in [2.24, 2.45) is 5.10 Å². The predicted molar refractivity (Wildman–Crippen MR) is 118 cm³/mol. The molecule has 1 amide bonds. The molecule has 5 rings (SSSR count). The number of amides is 1. The average Bonchev–Trinajstić information content (AvgIpc) is 3.53. The number of carbonyl (C=O) groups is 2. The van der Waals surface area contributed by atoms with Crippen molar-refractivity contribution in [3.05, 3.63) is 71.3 Å². The summed E-state index contributed by atoms with van der Waals surface area (Å²) in [7, 11) is 1.45. The highest BCUT2D eigenvalue weighted by atomic mass is 16.7. The fraction of sp³-hybridized carbons (Fsp3) is 0.125. The summed E-state index contributed by atoms with van der Waals surface area (Å²) in [4.78, 5) is 24.9. The minimum Gasteiger partial charge on any atom is -0.493 e. The molecule has 10 nitrogen and oxygen atoms in total. The van der Waals surface area contributed by atoms with Gasteiger partial charge in [0.15, 0.2) is 34.5 Å². The van der Waals surface area contributed by atoms with Crippen LogP contribution in [0.25, 0.3) is 0 Å². The number of ether oxygens (including phenoxy) is 6. The number of carbonyl (C=O) groups excluding carboxylic acids is 2. The first-order valence-electron chi connectivity index (χ1n) is 10.1. The van der Waals surface area contributed by atoms with Crippen molar-refractivity contribution in [3.8, 4) is 34.5 Å². The topological polar surface area (TPSA) is 114 Å². The Kier molecular flexibility index (Phi) is 5.61. The van der Waals surface area contributed by atoms with Gasteiger partial charge in [-0.2, -0.15) is 5.10 Å². The normalized spacial score (nSPS) is 13.1. The van der Waals surface area contributed by atoms with Gasteiger partial charge in [-0.1, -0.05) is 0 Å². The average molecular weight is 462 g/mol. The largest absolute Gasteiger partial charge is 0.493 e. The monoisotopic (exact) mass is 462 g/mol. The number of fused-ring (bicyclic) bond motifs is 2. The van der Waals surface area contributed by atoms with Gasteiger partial charge >= 0.3 is 5.97 Å². The Labute approximate surface area is 193 Å². The van der Waals surface area contributed by atoms with E-state index in [4.69, 9.17) is 28.4 Å². The molecule has 34 heavy (non-hydrogen) atoms. The van der Waals surface area contributed by atoms with Gasteiger partial charge in [0.05, 0.1) is 18.9 Å². The lowest BCUT2D eigenvalue weighted by Gasteiger charge is -2.10. The summed E-state index contributed by atoms with van der Waals surface area (Å²) in [6.07, 6.45) is 1.44. The third-order valence-corrected chi connectivity index (χ3v) is 5.01. The molecule has 2 aliphatic rings. The van der Waals surface area contributed by atoms with Gasteiger partial charge in [-0.3, -0.25) is 4.79 Å². The molecule has 2 heterocycles. The van der Waals surface area contributed by atoms with Crippen LogP contribution in [0.15, 0.2) is 59.7 Å². The van der Waals surface area contributed by atoms with Gasteiger partial charge in [0.2, 0.25) is 13.6 Å². The maximum Gasteiger partial charge on any atom is 0.343 e. The van der Waals surface area contributed by atoms with Crippen LogP contribution in [0.3, 0.4) is 0 Å². The lowest BCUT2D eigenvalue weighted by molar-refractivity contribution is 0.0729. The van der Waals surface area contributed by atoms with Crippen LogP contribution in [0.5, 0.6) is 34.5 Å². The molecule has 0 saturated heterocycles. The van der Waals surface area contributed by atoms with Crippen LogP contribution in [0.1, 0.15) is 26.3 Å². The Morgan fingerprint density at radius 1 is 0.824 bits per heavy atom. The van der Waals surface area contributed by atoms with Crippen LogP contribution in [0, 0.1) is 0 Å². The first-order valence-corrected chi connectivity index (χ1v) is 10.1. The molecule has 0 saturated carbocycles. The summed E-state index contributed by atoms with van der Waals surface area (Å²) in [6, 6.07) is 14.5. The van der Waals surface area contributed by atoms with E-state index in [2.05, 4.69) is 10.5 Å². The summed E-state index contributed by atoms with van der Waals surface area (Å²) in [6.45, 7) is 0.240. The Balaban J connectivity index is 1.24. The number of benzene rings is 3. The van der Waals surface area contributed by atoms with Crippen LogP contribution in [0.4, 0.5) is 0 Å². The maximum atomic E-state index is 12.6. The molecule has 0 bridgehead atoms. The van der Waals surface area contributed by atoms with E-state index in [1.807, 2.05) is 0 Å². The van der Waals surface area contributed by atoms with Crippen molar-refractivity contribution >= 4 is 18.1 Å². The molecule has 0 aromatic heterocycles. The number of hydrogen-bond acceptors (Lipinski definition) is 9. The molecule has 3 aromatic carbocycles. The second kappa shape index (κ2) is 9.02. The third-order valence-electron chi connectivity index (χ3n) is 5.01. The summed E-state index contributed by atoms with van der Waals surface area (Å²) >= 11 is 0. The van der Waals surface area contributed by atoms with Crippen LogP contribution in [-0.2, 0) is 0 Å². The first-order chi connectivity index (χ1) is 16.6. The van der Waals surface area contributed by atoms with E-state index in [1.54, 1.807) is 54.6 Å². The van der Waals surface area contributed by atoms with E-state index in [0.29, 0.717) is 45.4 Å².